The third-order valence-corrected chi connectivity index (χ3v) is 16.2. The van der Waals surface area contributed by atoms with Gasteiger partial charge in [-0.15, -0.1) is 0 Å². The van der Waals surface area contributed by atoms with Crippen LogP contribution < -0.4 is 61.7 Å². The summed E-state index contributed by atoms with van der Waals surface area (Å²) in [5.41, 5.74) is 21.2. The number of para-hydroxylation sites is 5. The molecule has 0 N–H and O–H groups in total. The van der Waals surface area contributed by atoms with Gasteiger partial charge in [0.2, 0.25) is 0 Å². The van der Waals surface area contributed by atoms with Crippen molar-refractivity contribution < 1.29 is 14.2 Å². The second-order valence-electron chi connectivity index (χ2n) is 20.8. The second kappa shape index (κ2) is 18.6. The molecule has 0 atom stereocenters. The van der Waals surface area contributed by atoms with Crippen LogP contribution in [-0.2, 0) is 0 Å². The first-order valence-electron chi connectivity index (χ1n) is 27.3. The van der Waals surface area contributed by atoms with Crippen LogP contribution in [0.25, 0.3) is 22.3 Å². The average molecular weight is 1020 g/mol. The van der Waals surface area contributed by atoms with Crippen LogP contribution in [0.3, 0.4) is 0 Å². The van der Waals surface area contributed by atoms with E-state index in [4.69, 9.17) is 14.2 Å². The normalized spacial score (nSPS) is 13.0. The second-order valence-corrected chi connectivity index (χ2v) is 20.8. The molecule has 8 heteroatoms. The summed E-state index contributed by atoms with van der Waals surface area (Å²) < 4.78 is 21.0. The van der Waals surface area contributed by atoms with Gasteiger partial charge in [0.05, 0.1) is 0 Å². The summed E-state index contributed by atoms with van der Waals surface area (Å²) >= 11 is 0. The van der Waals surface area contributed by atoms with Crippen LogP contribution in [0.5, 0.6) is 34.5 Å². The molecule has 0 unspecified atom stereocenters. The van der Waals surface area contributed by atoms with E-state index in [0.29, 0.717) is 5.75 Å². The van der Waals surface area contributed by atoms with E-state index in [-0.39, 0.29) is 13.4 Å². The largest absolute Gasteiger partial charge is 0.458 e. The predicted molar refractivity (Wildman–Crippen MR) is 330 cm³/mol. The van der Waals surface area contributed by atoms with Crippen molar-refractivity contribution in [3.8, 4) is 56.8 Å². The molecule has 0 bridgehead atoms. The Morgan fingerprint density at radius 2 is 0.637 bits per heavy atom. The Kier molecular flexibility index (Phi) is 10.7. The highest BCUT2D eigenvalue weighted by atomic mass is 16.5. The molecule has 6 nitrogen and oxygen atoms in total. The van der Waals surface area contributed by atoms with Crippen LogP contribution in [0.4, 0.5) is 51.2 Å². The minimum absolute atomic E-state index is 0.152. The van der Waals surface area contributed by atoms with Gasteiger partial charge >= 0.3 is 0 Å². The van der Waals surface area contributed by atoms with Crippen molar-refractivity contribution in [1.82, 2.24) is 0 Å². The number of hydrogen-bond acceptors (Lipinski definition) is 6. The number of nitrogens with zero attached hydrogens (tertiary/aromatic N) is 3. The van der Waals surface area contributed by atoms with Gasteiger partial charge in [0, 0.05) is 75.5 Å². The number of hydrogen-bond donors (Lipinski definition) is 0. The zero-order valence-corrected chi connectivity index (χ0v) is 43.4. The Labute approximate surface area is 465 Å². The number of fused-ring (bicyclic) bond motifs is 8. The summed E-state index contributed by atoms with van der Waals surface area (Å²) in [6.45, 7) is -0.319. The first-order chi connectivity index (χ1) is 39.7. The Morgan fingerprint density at radius 3 is 1.15 bits per heavy atom. The molecule has 0 saturated carbocycles. The monoisotopic (exact) mass is 1020 g/mol. The smallest absolute Gasteiger partial charge is 0.256 e. The van der Waals surface area contributed by atoms with Crippen LogP contribution in [0.2, 0.25) is 0 Å². The summed E-state index contributed by atoms with van der Waals surface area (Å²) in [5, 5.41) is 0. The fourth-order valence-electron chi connectivity index (χ4n) is 12.7. The molecular weight excluding hydrogens is 976 g/mol. The highest BCUT2D eigenvalue weighted by Gasteiger charge is 2.48. The molecule has 0 amide bonds. The first kappa shape index (κ1) is 45.7. The van der Waals surface area contributed by atoms with Crippen molar-refractivity contribution in [2.24, 2.45) is 0 Å². The fraction of sp³-hybridized carbons (Fsp3) is 0. The van der Waals surface area contributed by atoms with Gasteiger partial charge in [0.15, 0.2) is 0 Å². The topological polar surface area (TPSA) is 37.4 Å². The molecule has 80 heavy (non-hydrogen) atoms. The van der Waals surface area contributed by atoms with E-state index >= 15 is 0 Å². The minimum Gasteiger partial charge on any atom is -0.458 e. The quantitative estimate of drug-likeness (QED) is 0.134. The lowest BCUT2D eigenvalue weighted by Gasteiger charge is -2.46. The fourth-order valence-corrected chi connectivity index (χ4v) is 12.7. The molecule has 12 aromatic rings. The molecular formula is C72H47B2N3O3. The van der Waals surface area contributed by atoms with Gasteiger partial charge in [-0.2, -0.15) is 0 Å². The van der Waals surface area contributed by atoms with Crippen LogP contribution >= 0.6 is 0 Å². The number of ether oxygens (including phenoxy) is 3. The summed E-state index contributed by atoms with van der Waals surface area (Å²) in [6.07, 6.45) is 0. The highest BCUT2D eigenvalue weighted by molar-refractivity contribution is 7.02. The van der Waals surface area contributed by atoms with E-state index in [1.165, 1.54) is 21.9 Å². The van der Waals surface area contributed by atoms with E-state index in [1.807, 2.05) is 24.3 Å². The summed E-state index contributed by atoms with van der Waals surface area (Å²) in [4.78, 5) is 7.31. The lowest BCUT2D eigenvalue weighted by atomic mass is 9.30. The van der Waals surface area contributed by atoms with Crippen molar-refractivity contribution in [2.75, 3.05) is 14.7 Å². The molecule has 4 aliphatic heterocycles. The molecule has 0 radical (unpaired) electrons. The molecule has 16 rings (SSSR count). The molecule has 0 fully saturated rings. The van der Waals surface area contributed by atoms with Crippen molar-refractivity contribution >= 4 is 97.4 Å². The maximum atomic E-state index is 7.06. The molecule has 0 aliphatic carbocycles. The van der Waals surface area contributed by atoms with Crippen molar-refractivity contribution in [1.29, 1.82) is 0 Å². The van der Waals surface area contributed by atoms with Gasteiger partial charge in [0.1, 0.15) is 34.5 Å². The van der Waals surface area contributed by atoms with E-state index in [0.717, 1.165) is 113 Å². The zero-order valence-electron chi connectivity index (χ0n) is 43.4. The Morgan fingerprint density at radius 1 is 0.250 bits per heavy atom. The minimum atomic E-state index is -0.167. The molecule has 0 saturated heterocycles. The third kappa shape index (κ3) is 7.52. The van der Waals surface area contributed by atoms with Gasteiger partial charge in [-0.3, -0.25) is 0 Å². The molecule has 12 aromatic carbocycles. The predicted octanol–water partition coefficient (Wildman–Crippen LogP) is 15.1. The summed E-state index contributed by atoms with van der Waals surface area (Å²) in [5.74, 6) is 4.52. The molecule has 0 aromatic heterocycles. The van der Waals surface area contributed by atoms with Crippen molar-refractivity contribution in [3.05, 3.63) is 285 Å². The third-order valence-electron chi connectivity index (χ3n) is 16.2. The highest BCUT2D eigenvalue weighted by Crippen LogP contribution is 2.50. The van der Waals surface area contributed by atoms with Gasteiger partial charge in [0.25, 0.3) is 13.4 Å². The maximum absolute atomic E-state index is 7.06. The van der Waals surface area contributed by atoms with E-state index in [1.54, 1.807) is 0 Å². The Balaban J connectivity index is 0.925. The molecule has 4 aliphatic rings. The zero-order chi connectivity index (χ0) is 52.7. The maximum Gasteiger partial charge on any atom is 0.256 e. The molecule has 0 spiro atoms. The Hall–Kier alpha value is -10.4. The van der Waals surface area contributed by atoms with Crippen LogP contribution in [-0.4, -0.2) is 13.4 Å². The van der Waals surface area contributed by atoms with Crippen molar-refractivity contribution in [2.45, 2.75) is 0 Å². The molecule has 374 valence electrons. The first-order valence-corrected chi connectivity index (χ1v) is 27.3. The average Bonchev–Trinajstić information content (AvgIpc) is 3.69. The number of rotatable bonds is 9. The lowest BCUT2D eigenvalue weighted by molar-refractivity contribution is 0.463. The van der Waals surface area contributed by atoms with Crippen LogP contribution in [0.1, 0.15) is 0 Å². The van der Waals surface area contributed by atoms with E-state index in [9.17, 15) is 0 Å². The summed E-state index contributed by atoms with van der Waals surface area (Å²) in [7, 11) is 0. The van der Waals surface area contributed by atoms with E-state index < -0.39 is 0 Å². The van der Waals surface area contributed by atoms with Gasteiger partial charge in [-0.05, 0) is 134 Å². The van der Waals surface area contributed by atoms with E-state index in [2.05, 4.69) is 276 Å². The van der Waals surface area contributed by atoms with Crippen molar-refractivity contribution in [3.63, 3.8) is 0 Å². The van der Waals surface area contributed by atoms with Gasteiger partial charge < -0.3 is 28.9 Å². The van der Waals surface area contributed by atoms with Crippen LogP contribution in [0, 0.1) is 0 Å². The van der Waals surface area contributed by atoms with Crippen LogP contribution in [0.15, 0.2) is 285 Å². The lowest BCUT2D eigenvalue weighted by Crippen LogP contribution is -2.64. The van der Waals surface area contributed by atoms with Gasteiger partial charge in [-0.1, -0.05) is 182 Å². The summed E-state index contributed by atoms with van der Waals surface area (Å²) in [6, 6.07) is 101. The number of anilines is 9. The number of benzene rings is 12. The SMILES string of the molecule is c1ccc(-c2ccc(Oc3cc4c5c(c3)N(c3ccccc3)c3cc6c(cc3B5c3ccccc3O4)B3c4ccccc4N(c4ccccc4)c4cc(Oc5ccc(-c7ccccc7)cc5)cc(c43)N6c3ccccc3)cc2)cc1. The van der Waals surface area contributed by atoms with Gasteiger partial charge in [-0.25, -0.2) is 0 Å². The Bertz CT molecular complexity index is 4340. The molecule has 4 heterocycles. The standard InChI is InChI=1S/C72H47B2N3O3/c1-6-20-48(21-7-1)50-34-38-55(39-35-50)78-57-42-66-71-67(43-57)76(53-26-12-4-13-27-53)64-47-65-62(46-61(64)73(71)59-30-16-18-32-63(59)75(66)52-24-10-3-11-25-52)74-60-31-17-19-33-69(60)80-70-45-58(44-68(72(70)74)77(65)54-28-14-5-15-29-54)79-56-40-36-51(37-41-56)49-22-8-2-9-23-49/h1-47H.